The van der Waals surface area contributed by atoms with Gasteiger partial charge in [-0.3, -0.25) is 4.79 Å². The van der Waals surface area contributed by atoms with E-state index in [1.807, 2.05) is 66.6 Å². The topological polar surface area (TPSA) is 84.2 Å². The molecular weight excluding hydrogens is 392 g/mol. The van der Waals surface area contributed by atoms with Gasteiger partial charge in [-0.2, -0.15) is 4.98 Å². The number of hydrogen-bond acceptors (Lipinski definition) is 5. The van der Waals surface area contributed by atoms with Gasteiger partial charge in [-0.15, -0.1) is 0 Å². The monoisotopic (exact) mass is 416 g/mol. The molecule has 0 radical (unpaired) electrons. The lowest BCUT2D eigenvalue weighted by atomic mass is 10.1. The summed E-state index contributed by atoms with van der Waals surface area (Å²) in [7, 11) is 0. The van der Waals surface area contributed by atoms with E-state index < -0.39 is 0 Å². The van der Waals surface area contributed by atoms with Gasteiger partial charge in [0.15, 0.2) is 0 Å². The van der Waals surface area contributed by atoms with E-state index in [0.29, 0.717) is 37.6 Å². The van der Waals surface area contributed by atoms with Crippen LogP contribution in [0.15, 0.2) is 59.3 Å². The van der Waals surface area contributed by atoms with Crippen LogP contribution in [0.1, 0.15) is 24.8 Å². The van der Waals surface area contributed by atoms with Crippen LogP contribution in [0.3, 0.4) is 0 Å². The van der Waals surface area contributed by atoms with Gasteiger partial charge in [0.2, 0.25) is 17.6 Å². The second kappa shape index (κ2) is 8.26. The summed E-state index contributed by atoms with van der Waals surface area (Å²) in [4.78, 5) is 22.3. The third-order valence-corrected chi connectivity index (χ3v) is 5.70. The van der Waals surface area contributed by atoms with Gasteiger partial charge in [-0.1, -0.05) is 30.3 Å². The molecule has 0 spiro atoms. The lowest BCUT2D eigenvalue weighted by Crippen LogP contribution is -2.32. The molecule has 5 rings (SSSR count). The number of nitrogens with one attached hydrogen (secondary N) is 1. The highest BCUT2D eigenvalue weighted by Gasteiger charge is 2.28. The van der Waals surface area contributed by atoms with Crippen molar-refractivity contribution in [2.75, 3.05) is 13.1 Å². The Hall–Kier alpha value is -3.61. The van der Waals surface area contributed by atoms with E-state index in [9.17, 15) is 4.79 Å². The van der Waals surface area contributed by atoms with E-state index >= 15 is 0 Å². The van der Waals surface area contributed by atoms with E-state index in [4.69, 9.17) is 9.26 Å². The number of fused-ring (bicyclic) bond motifs is 1. The number of likely N-dealkylation sites (tertiary alicyclic amines) is 1. The summed E-state index contributed by atoms with van der Waals surface area (Å²) in [6.07, 6.45) is 3.86. The van der Waals surface area contributed by atoms with Crippen LogP contribution in [0.4, 0.5) is 0 Å². The molecule has 1 N–H and O–H groups in total. The maximum atomic E-state index is 12.8. The molecule has 7 nitrogen and oxygen atoms in total. The lowest BCUT2D eigenvalue weighted by Gasteiger charge is -2.17. The number of hydrogen-bond donors (Lipinski definition) is 1. The third-order valence-electron chi connectivity index (χ3n) is 5.70. The Balaban J connectivity index is 1.18. The number of aromatic nitrogens is 3. The molecule has 2 aromatic carbocycles. The van der Waals surface area contributed by atoms with Crippen molar-refractivity contribution in [3.63, 3.8) is 0 Å². The molecule has 3 heterocycles. The first kappa shape index (κ1) is 19.4. The average Bonchev–Trinajstić information content (AvgIpc) is 3.54. The molecule has 7 heteroatoms. The van der Waals surface area contributed by atoms with Crippen LogP contribution < -0.4 is 4.74 Å². The van der Waals surface area contributed by atoms with Gasteiger partial charge in [-0.05, 0) is 35.9 Å². The fourth-order valence-corrected chi connectivity index (χ4v) is 3.99. The molecular formula is C24H24N4O3. The molecule has 1 aliphatic rings. The fraction of sp³-hybridized carbons (Fsp3) is 0.292. The summed E-state index contributed by atoms with van der Waals surface area (Å²) < 4.78 is 11.3. The molecule has 1 aliphatic heterocycles. The maximum Gasteiger partial charge on any atom is 0.227 e. The number of carbonyl (C=O) groups is 1. The highest BCUT2D eigenvalue weighted by Crippen LogP contribution is 2.24. The Bertz CT molecular complexity index is 1190. The number of aryl methyl sites for hydroxylation is 1. The predicted octanol–water partition coefficient (Wildman–Crippen LogP) is 4.00. The van der Waals surface area contributed by atoms with Crippen molar-refractivity contribution in [3.05, 3.63) is 66.2 Å². The van der Waals surface area contributed by atoms with E-state index in [0.717, 1.165) is 34.2 Å². The number of ether oxygens (including phenoxy) is 1. The quantitative estimate of drug-likeness (QED) is 0.514. The molecule has 2 aromatic heterocycles. The van der Waals surface area contributed by atoms with Crippen molar-refractivity contribution in [3.8, 4) is 17.1 Å². The summed E-state index contributed by atoms with van der Waals surface area (Å²) in [5.41, 5.74) is 2.98. The molecule has 0 saturated carbocycles. The first-order valence-corrected chi connectivity index (χ1v) is 10.6. The normalized spacial score (nSPS) is 16.2. The lowest BCUT2D eigenvalue weighted by molar-refractivity contribution is -0.129. The van der Waals surface area contributed by atoms with E-state index in [-0.39, 0.29) is 12.0 Å². The van der Waals surface area contributed by atoms with Crippen molar-refractivity contribution in [2.24, 2.45) is 0 Å². The van der Waals surface area contributed by atoms with Crippen LogP contribution in [-0.2, 0) is 17.6 Å². The molecule has 1 saturated heterocycles. The van der Waals surface area contributed by atoms with Crippen molar-refractivity contribution in [1.82, 2.24) is 20.0 Å². The Morgan fingerprint density at radius 2 is 2.06 bits per heavy atom. The first-order chi connectivity index (χ1) is 15.2. The third kappa shape index (κ3) is 4.03. The van der Waals surface area contributed by atoms with Crippen LogP contribution in [0.25, 0.3) is 22.3 Å². The Kier molecular flexibility index (Phi) is 5.16. The smallest absolute Gasteiger partial charge is 0.227 e. The van der Waals surface area contributed by atoms with Crippen LogP contribution >= 0.6 is 0 Å². The zero-order valence-corrected chi connectivity index (χ0v) is 17.4. The highest BCUT2D eigenvalue weighted by atomic mass is 16.5. The molecule has 0 aliphatic carbocycles. The van der Waals surface area contributed by atoms with E-state index in [1.165, 1.54) is 0 Å². The number of carbonyl (C=O) groups excluding carboxylic acids is 1. The molecule has 1 fully saturated rings. The minimum absolute atomic E-state index is 0.00496. The van der Waals surface area contributed by atoms with Crippen LogP contribution in [0.5, 0.6) is 5.75 Å². The average molecular weight is 416 g/mol. The number of aromatic amines is 1. The summed E-state index contributed by atoms with van der Waals surface area (Å²) in [5, 5.41) is 5.10. The fourth-order valence-electron chi connectivity index (χ4n) is 3.99. The molecule has 31 heavy (non-hydrogen) atoms. The molecule has 1 amide bonds. The predicted molar refractivity (Wildman–Crippen MR) is 117 cm³/mol. The molecule has 0 bridgehead atoms. The Morgan fingerprint density at radius 3 is 2.87 bits per heavy atom. The number of nitrogens with zero attached hydrogens (tertiary/aromatic N) is 3. The summed E-state index contributed by atoms with van der Waals surface area (Å²) in [6, 6.07) is 15.7. The SMILES string of the molecule is CCc1nc(-c2ccc(OC3CCN(C(=O)Cc4c[nH]c5ccccc45)C3)cc2)no1. The minimum atomic E-state index is -0.00496. The number of amides is 1. The van der Waals surface area contributed by atoms with Crippen molar-refractivity contribution in [2.45, 2.75) is 32.3 Å². The van der Waals surface area contributed by atoms with Crippen molar-refractivity contribution < 1.29 is 14.1 Å². The zero-order valence-electron chi connectivity index (χ0n) is 17.4. The van der Waals surface area contributed by atoms with E-state index in [2.05, 4.69) is 15.1 Å². The number of rotatable bonds is 6. The largest absolute Gasteiger partial charge is 0.489 e. The summed E-state index contributed by atoms with van der Waals surface area (Å²) in [5.74, 6) is 2.12. The van der Waals surface area contributed by atoms with Crippen molar-refractivity contribution in [1.29, 1.82) is 0 Å². The van der Waals surface area contributed by atoms with Crippen LogP contribution in [0.2, 0.25) is 0 Å². The second-order valence-electron chi connectivity index (χ2n) is 7.79. The Labute approximate surface area is 180 Å². The molecule has 1 atom stereocenters. The van der Waals surface area contributed by atoms with Crippen LogP contribution in [-0.4, -0.2) is 45.1 Å². The minimum Gasteiger partial charge on any atom is -0.489 e. The molecule has 1 unspecified atom stereocenters. The second-order valence-corrected chi connectivity index (χ2v) is 7.79. The first-order valence-electron chi connectivity index (χ1n) is 10.6. The number of benzene rings is 2. The molecule has 4 aromatic rings. The van der Waals surface area contributed by atoms with Gasteiger partial charge in [0.1, 0.15) is 11.9 Å². The van der Waals surface area contributed by atoms with Gasteiger partial charge in [0, 0.05) is 42.0 Å². The van der Waals surface area contributed by atoms with Gasteiger partial charge < -0.3 is 19.1 Å². The van der Waals surface area contributed by atoms with Gasteiger partial charge in [0.25, 0.3) is 0 Å². The molecule has 158 valence electrons. The van der Waals surface area contributed by atoms with Gasteiger partial charge in [0.05, 0.1) is 13.0 Å². The highest BCUT2D eigenvalue weighted by molar-refractivity contribution is 5.89. The zero-order chi connectivity index (χ0) is 21.2. The van der Waals surface area contributed by atoms with Gasteiger partial charge in [-0.25, -0.2) is 0 Å². The van der Waals surface area contributed by atoms with E-state index in [1.54, 1.807) is 0 Å². The number of H-pyrrole nitrogens is 1. The standard InChI is InChI=1S/C24H24N4O3/c1-2-22-26-24(27-31-22)16-7-9-18(10-8-16)30-19-11-12-28(15-19)23(29)13-17-14-25-21-6-4-3-5-20(17)21/h3-10,14,19,25H,2,11-13,15H2,1H3. The maximum absolute atomic E-state index is 12.8. The summed E-state index contributed by atoms with van der Waals surface area (Å²) in [6.45, 7) is 3.30. The van der Waals surface area contributed by atoms with Gasteiger partial charge >= 0.3 is 0 Å². The van der Waals surface area contributed by atoms with Crippen molar-refractivity contribution >= 4 is 16.8 Å². The summed E-state index contributed by atoms with van der Waals surface area (Å²) >= 11 is 0. The van der Waals surface area contributed by atoms with Crippen LogP contribution in [0, 0.1) is 0 Å². The number of para-hydroxylation sites is 1. The Morgan fingerprint density at radius 1 is 1.23 bits per heavy atom.